The molecule has 0 fully saturated rings. The summed E-state index contributed by atoms with van der Waals surface area (Å²) in [7, 11) is 1.72. The van der Waals surface area contributed by atoms with Gasteiger partial charge >= 0.3 is 0 Å². The molecule has 0 spiro atoms. The summed E-state index contributed by atoms with van der Waals surface area (Å²) in [5, 5.41) is 6.71. The lowest BCUT2D eigenvalue weighted by atomic mass is 10.2. The number of nitrogens with one attached hydrogen (secondary N) is 2. The van der Waals surface area contributed by atoms with Gasteiger partial charge in [-0.3, -0.25) is 4.79 Å². The van der Waals surface area contributed by atoms with Crippen LogP contribution in [0, 0.1) is 0 Å². The third-order valence-electron chi connectivity index (χ3n) is 2.71. The zero-order valence-corrected chi connectivity index (χ0v) is 12.3. The van der Waals surface area contributed by atoms with Crippen molar-refractivity contribution < 1.29 is 4.79 Å². The van der Waals surface area contributed by atoms with E-state index in [1.807, 2.05) is 12.1 Å². The molecule has 6 heteroatoms. The highest BCUT2D eigenvalue weighted by atomic mass is 35.5. The van der Waals surface area contributed by atoms with E-state index in [4.69, 9.17) is 23.2 Å². The van der Waals surface area contributed by atoms with Gasteiger partial charge in [0, 0.05) is 24.8 Å². The summed E-state index contributed by atoms with van der Waals surface area (Å²) in [6.07, 6.45) is 1.48. The van der Waals surface area contributed by atoms with Crippen LogP contribution in [-0.2, 0) is 6.54 Å². The fourth-order valence-electron chi connectivity index (χ4n) is 1.63. The first-order chi connectivity index (χ1) is 9.60. The molecule has 1 aromatic carbocycles. The number of amides is 1. The number of aromatic nitrogens is 1. The van der Waals surface area contributed by atoms with Crippen LogP contribution in [0.2, 0.25) is 10.0 Å². The molecule has 0 unspecified atom stereocenters. The van der Waals surface area contributed by atoms with Crippen LogP contribution < -0.4 is 10.6 Å². The van der Waals surface area contributed by atoms with Gasteiger partial charge in [-0.25, -0.2) is 4.98 Å². The Morgan fingerprint density at radius 2 is 1.95 bits per heavy atom. The Morgan fingerprint density at radius 3 is 2.55 bits per heavy atom. The van der Waals surface area contributed by atoms with Crippen molar-refractivity contribution in [1.82, 2.24) is 10.3 Å². The summed E-state index contributed by atoms with van der Waals surface area (Å²) in [6, 6.07) is 8.86. The average molecular weight is 310 g/mol. The number of rotatable bonds is 4. The number of hydrogen-bond acceptors (Lipinski definition) is 3. The molecule has 104 valence electrons. The van der Waals surface area contributed by atoms with E-state index in [0.717, 1.165) is 5.56 Å². The number of hydrogen-bond donors (Lipinski definition) is 2. The zero-order chi connectivity index (χ0) is 14.5. The van der Waals surface area contributed by atoms with E-state index in [1.54, 1.807) is 25.2 Å². The lowest BCUT2D eigenvalue weighted by Crippen LogP contribution is -2.23. The number of pyridine rings is 1. The quantitative estimate of drug-likeness (QED) is 0.910. The van der Waals surface area contributed by atoms with Crippen LogP contribution in [0.25, 0.3) is 0 Å². The maximum atomic E-state index is 12.0. The van der Waals surface area contributed by atoms with Crippen molar-refractivity contribution in [2.24, 2.45) is 0 Å². The summed E-state index contributed by atoms with van der Waals surface area (Å²) in [6.45, 7) is 0.418. The lowest BCUT2D eigenvalue weighted by molar-refractivity contribution is 0.0950. The Kier molecular flexibility index (Phi) is 4.82. The van der Waals surface area contributed by atoms with Crippen LogP contribution >= 0.6 is 23.2 Å². The highest BCUT2D eigenvalue weighted by molar-refractivity contribution is 6.33. The lowest BCUT2D eigenvalue weighted by Gasteiger charge is -2.07. The molecule has 0 atom stereocenters. The van der Waals surface area contributed by atoms with Crippen molar-refractivity contribution >= 4 is 34.9 Å². The monoisotopic (exact) mass is 309 g/mol. The summed E-state index contributed by atoms with van der Waals surface area (Å²) in [5.74, 6) is 0.318. The van der Waals surface area contributed by atoms with E-state index in [2.05, 4.69) is 15.6 Å². The predicted molar refractivity (Wildman–Crippen MR) is 81.4 cm³/mol. The van der Waals surface area contributed by atoms with Gasteiger partial charge in [-0.05, 0) is 23.8 Å². The highest BCUT2D eigenvalue weighted by Gasteiger charge is 2.09. The molecule has 0 aliphatic rings. The fraction of sp³-hybridized carbons (Fsp3) is 0.143. The first-order valence-electron chi connectivity index (χ1n) is 5.96. The fourth-order valence-corrected chi connectivity index (χ4v) is 2.02. The molecule has 1 heterocycles. The third-order valence-corrected chi connectivity index (χ3v) is 3.25. The molecule has 2 rings (SSSR count). The molecule has 0 radical (unpaired) electrons. The molecule has 1 amide bonds. The molecule has 20 heavy (non-hydrogen) atoms. The van der Waals surface area contributed by atoms with Crippen LogP contribution in [0.15, 0.2) is 36.5 Å². The highest BCUT2D eigenvalue weighted by Crippen LogP contribution is 2.19. The number of nitrogens with zero attached hydrogens (tertiary/aromatic N) is 1. The molecule has 0 aliphatic carbocycles. The van der Waals surface area contributed by atoms with E-state index in [9.17, 15) is 4.79 Å². The minimum atomic E-state index is -0.225. The number of carbonyl (C=O) groups is 1. The Hall–Kier alpha value is -1.78. The van der Waals surface area contributed by atoms with Gasteiger partial charge in [0.05, 0.1) is 10.6 Å². The topological polar surface area (TPSA) is 54.0 Å². The van der Waals surface area contributed by atoms with E-state index >= 15 is 0 Å². The molecule has 0 saturated heterocycles. The molecule has 2 aromatic rings. The molecule has 2 N–H and O–H groups in total. The van der Waals surface area contributed by atoms with Gasteiger partial charge in [0.15, 0.2) is 0 Å². The van der Waals surface area contributed by atoms with Crippen LogP contribution in [0.3, 0.4) is 0 Å². The van der Waals surface area contributed by atoms with Crippen molar-refractivity contribution in [2.45, 2.75) is 6.54 Å². The van der Waals surface area contributed by atoms with Crippen molar-refractivity contribution in [3.63, 3.8) is 0 Å². The largest absolute Gasteiger partial charge is 0.372 e. The normalized spacial score (nSPS) is 10.2. The molecule has 4 nitrogen and oxygen atoms in total. The molecule has 0 bridgehead atoms. The van der Waals surface area contributed by atoms with Gasteiger partial charge in [-0.2, -0.15) is 0 Å². The number of carbonyl (C=O) groups excluding carboxylic acids is 1. The Bertz CT molecular complexity index is 614. The van der Waals surface area contributed by atoms with Crippen LogP contribution in [0.5, 0.6) is 0 Å². The Labute approximate surface area is 127 Å². The summed E-state index contributed by atoms with van der Waals surface area (Å²) >= 11 is 11.8. The first kappa shape index (κ1) is 14.6. The third kappa shape index (κ3) is 3.62. The van der Waals surface area contributed by atoms with Crippen molar-refractivity contribution in [3.05, 3.63) is 57.7 Å². The maximum absolute atomic E-state index is 12.0. The standard InChI is InChI=1S/C14H13Cl2N3O/c1-17-13-12(16)6-10(8-18-13)14(20)19-7-9-2-4-11(15)5-3-9/h2-6,8H,7H2,1H3,(H,17,18)(H,19,20). The Balaban J connectivity index is 2.01. The van der Waals surface area contributed by atoms with E-state index in [1.165, 1.54) is 6.20 Å². The van der Waals surface area contributed by atoms with Crippen molar-refractivity contribution in [2.75, 3.05) is 12.4 Å². The van der Waals surface area contributed by atoms with E-state index in [0.29, 0.717) is 28.0 Å². The van der Waals surface area contributed by atoms with E-state index in [-0.39, 0.29) is 5.91 Å². The summed E-state index contributed by atoms with van der Waals surface area (Å²) in [5.41, 5.74) is 1.39. The molecular formula is C14H13Cl2N3O. The van der Waals surface area contributed by atoms with Crippen LogP contribution in [-0.4, -0.2) is 17.9 Å². The minimum absolute atomic E-state index is 0.225. The van der Waals surface area contributed by atoms with Gasteiger partial charge in [0.1, 0.15) is 5.82 Å². The second-order valence-electron chi connectivity index (χ2n) is 4.11. The smallest absolute Gasteiger partial charge is 0.253 e. The van der Waals surface area contributed by atoms with Gasteiger partial charge in [0.25, 0.3) is 5.91 Å². The number of halogens is 2. The zero-order valence-electron chi connectivity index (χ0n) is 10.8. The SMILES string of the molecule is CNc1ncc(C(=O)NCc2ccc(Cl)cc2)cc1Cl. The molecular weight excluding hydrogens is 297 g/mol. The maximum Gasteiger partial charge on any atom is 0.253 e. The molecule has 1 aromatic heterocycles. The second-order valence-corrected chi connectivity index (χ2v) is 4.96. The summed E-state index contributed by atoms with van der Waals surface area (Å²) < 4.78 is 0. The minimum Gasteiger partial charge on any atom is -0.372 e. The molecule has 0 aliphatic heterocycles. The van der Waals surface area contributed by atoms with Gasteiger partial charge in [0.2, 0.25) is 0 Å². The van der Waals surface area contributed by atoms with Crippen molar-refractivity contribution in [3.8, 4) is 0 Å². The average Bonchev–Trinajstić information content (AvgIpc) is 2.46. The second kappa shape index (κ2) is 6.59. The molecule has 0 saturated carbocycles. The summed E-state index contributed by atoms with van der Waals surface area (Å²) in [4.78, 5) is 16.0. The van der Waals surface area contributed by atoms with Gasteiger partial charge < -0.3 is 10.6 Å². The Morgan fingerprint density at radius 1 is 1.25 bits per heavy atom. The van der Waals surface area contributed by atoms with Gasteiger partial charge in [-0.15, -0.1) is 0 Å². The number of benzene rings is 1. The number of anilines is 1. The van der Waals surface area contributed by atoms with Crippen LogP contribution in [0.4, 0.5) is 5.82 Å². The van der Waals surface area contributed by atoms with Gasteiger partial charge in [-0.1, -0.05) is 35.3 Å². The first-order valence-corrected chi connectivity index (χ1v) is 6.71. The van der Waals surface area contributed by atoms with Crippen molar-refractivity contribution in [1.29, 1.82) is 0 Å². The van der Waals surface area contributed by atoms with Crippen LogP contribution in [0.1, 0.15) is 15.9 Å². The predicted octanol–water partition coefficient (Wildman–Crippen LogP) is 3.36. The van der Waals surface area contributed by atoms with E-state index < -0.39 is 0 Å².